The first-order chi connectivity index (χ1) is 12.4. The van der Waals surface area contributed by atoms with Crippen molar-refractivity contribution in [2.45, 2.75) is 18.4 Å². The number of rotatable bonds is 7. The molecule has 0 fully saturated rings. The van der Waals surface area contributed by atoms with Crippen molar-refractivity contribution in [1.82, 2.24) is 10.6 Å². The van der Waals surface area contributed by atoms with Crippen molar-refractivity contribution in [2.75, 3.05) is 18.8 Å². The summed E-state index contributed by atoms with van der Waals surface area (Å²) in [5, 5.41) is 6.63. The number of guanidine groups is 1. The van der Waals surface area contributed by atoms with Gasteiger partial charge in [-0.15, -0.1) is 0 Å². The Morgan fingerprint density at radius 3 is 2.62 bits per heavy atom. The van der Waals surface area contributed by atoms with Gasteiger partial charge in [0.15, 0.2) is 15.8 Å². The van der Waals surface area contributed by atoms with Crippen LogP contribution in [0.3, 0.4) is 0 Å². The van der Waals surface area contributed by atoms with Crippen molar-refractivity contribution in [2.24, 2.45) is 4.99 Å². The van der Waals surface area contributed by atoms with E-state index in [0.717, 1.165) is 11.6 Å². The molecule has 0 unspecified atom stereocenters. The molecule has 0 saturated carbocycles. The minimum Gasteiger partial charge on any atom is -0.357 e. The SMILES string of the molecule is CCNC(=NCc1cccc(Cl)c1)NCCS(=O)(=O)c1ccccc1F. The Bertz CT molecular complexity index is 872. The van der Waals surface area contributed by atoms with Crippen molar-refractivity contribution < 1.29 is 12.8 Å². The average Bonchev–Trinajstić information content (AvgIpc) is 2.60. The van der Waals surface area contributed by atoms with Crippen LogP contribution in [0, 0.1) is 5.82 Å². The fraction of sp³-hybridized carbons (Fsp3) is 0.278. The molecule has 0 aromatic heterocycles. The van der Waals surface area contributed by atoms with E-state index in [0.29, 0.717) is 24.1 Å². The summed E-state index contributed by atoms with van der Waals surface area (Å²) in [6.07, 6.45) is 0. The maximum atomic E-state index is 13.7. The minimum atomic E-state index is -3.71. The van der Waals surface area contributed by atoms with E-state index in [-0.39, 0.29) is 17.2 Å². The molecule has 0 spiro atoms. The Balaban J connectivity index is 1.98. The van der Waals surface area contributed by atoms with Gasteiger partial charge >= 0.3 is 0 Å². The first-order valence-corrected chi connectivity index (χ1v) is 10.2. The summed E-state index contributed by atoms with van der Waals surface area (Å²) >= 11 is 5.95. The van der Waals surface area contributed by atoms with Crippen molar-refractivity contribution in [3.05, 3.63) is 64.9 Å². The van der Waals surface area contributed by atoms with Crippen LogP contribution >= 0.6 is 11.6 Å². The summed E-state index contributed by atoms with van der Waals surface area (Å²) in [5.74, 6) is -0.500. The van der Waals surface area contributed by atoms with E-state index >= 15 is 0 Å². The Morgan fingerprint density at radius 2 is 1.92 bits per heavy atom. The molecular formula is C18H21ClFN3O2S. The smallest absolute Gasteiger partial charge is 0.191 e. The molecular weight excluding hydrogens is 377 g/mol. The van der Waals surface area contributed by atoms with Crippen molar-refractivity contribution in [3.63, 3.8) is 0 Å². The van der Waals surface area contributed by atoms with Crippen LogP contribution < -0.4 is 10.6 Å². The summed E-state index contributed by atoms with van der Waals surface area (Å²) in [4.78, 5) is 4.11. The third-order valence-corrected chi connectivity index (χ3v) is 5.47. The van der Waals surface area contributed by atoms with Gasteiger partial charge in [-0.25, -0.2) is 17.8 Å². The molecule has 0 aliphatic carbocycles. The predicted molar refractivity (Wildman–Crippen MR) is 103 cm³/mol. The fourth-order valence-corrected chi connectivity index (χ4v) is 3.71. The zero-order chi connectivity index (χ0) is 19.0. The normalized spacial score (nSPS) is 12.0. The standard InChI is InChI=1S/C18H21ClFN3O2S/c1-2-21-18(23-13-14-6-5-7-15(19)12-14)22-10-11-26(24,25)17-9-4-3-8-16(17)20/h3-9,12H,2,10-11,13H2,1H3,(H2,21,22,23). The summed E-state index contributed by atoms with van der Waals surface area (Å²) in [5.41, 5.74) is 0.939. The van der Waals surface area contributed by atoms with E-state index in [2.05, 4.69) is 15.6 Å². The van der Waals surface area contributed by atoms with Crippen molar-refractivity contribution in [1.29, 1.82) is 0 Å². The van der Waals surface area contributed by atoms with Crippen LogP contribution in [0.4, 0.5) is 4.39 Å². The van der Waals surface area contributed by atoms with Crippen LogP contribution in [0.5, 0.6) is 0 Å². The molecule has 0 amide bonds. The van der Waals surface area contributed by atoms with E-state index in [1.807, 2.05) is 25.1 Å². The molecule has 2 rings (SSSR count). The lowest BCUT2D eigenvalue weighted by Crippen LogP contribution is -2.39. The van der Waals surface area contributed by atoms with Gasteiger partial charge < -0.3 is 10.6 Å². The van der Waals surface area contributed by atoms with Crippen LogP contribution in [-0.2, 0) is 16.4 Å². The van der Waals surface area contributed by atoms with Gasteiger partial charge in [0.25, 0.3) is 0 Å². The molecule has 5 nitrogen and oxygen atoms in total. The van der Waals surface area contributed by atoms with E-state index in [9.17, 15) is 12.8 Å². The first-order valence-electron chi connectivity index (χ1n) is 8.16. The Kier molecular flexibility index (Phi) is 7.41. The molecule has 0 atom stereocenters. The van der Waals surface area contributed by atoms with E-state index in [1.54, 1.807) is 6.07 Å². The molecule has 0 radical (unpaired) electrons. The summed E-state index contributed by atoms with van der Waals surface area (Å²) < 4.78 is 38.2. The van der Waals surface area contributed by atoms with Crippen molar-refractivity contribution >= 4 is 27.4 Å². The second-order valence-corrected chi connectivity index (χ2v) is 8.02. The zero-order valence-electron chi connectivity index (χ0n) is 14.4. The molecule has 2 N–H and O–H groups in total. The summed E-state index contributed by atoms with van der Waals surface area (Å²) in [7, 11) is -3.71. The maximum absolute atomic E-state index is 13.7. The third kappa shape index (κ3) is 6.00. The number of nitrogens with zero attached hydrogens (tertiary/aromatic N) is 1. The van der Waals surface area contributed by atoms with Gasteiger partial charge in [0.2, 0.25) is 0 Å². The van der Waals surface area contributed by atoms with E-state index < -0.39 is 15.7 Å². The molecule has 0 heterocycles. The minimum absolute atomic E-state index is 0.109. The fourth-order valence-electron chi connectivity index (χ4n) is 2.26. The second-order valence-electron chi connectivity index (χ2n) is 5.50. The lowest BCUT2D eigenvalue weighted by molar-refractivity contribution is 0.566. The van der Waals surface area contributed by atoms with Crippen LogP contribution in [-0.4, -0.2) is 33.2 Å². The number of benzene rings is 2. The van der Waals surface area contributed by atoms with Crippen LogP contribution in [0.1, 0.15) is 12.5 Å². The third-order valence-electron chi connectivity index (χ3n) is 3.49. The molecule has 2 aromatic rings. The number of hydrogen-bond donors (Lipinski definition) is 2. The molecule has 2 aromatic carbocycles. The average molecular weight is 398 g/mol. The molecule has 140 valence electrons. The highest BCUT2D eigenvalue weighted by Gasteiger charge is 2.18. The van der Waals surface area contributed by atoms with E-state index in [4.69, 9.17) is 11.6 Å². The van der Waals surface area contributed by atoms with Gasteiger partial charge in [-0.2, -0.15) is 0 Å². The van der Waals surface area contributed by atoms with Crippen LogP contribution in [0.25, 0.3) is 0 Å². The van der Waals surface area contributed by atoms with Crippen molar-refractivity contribution in [3.8, 4) is 0 Å². The summed E-state index contributed by atoms with van der Waals surface area (Å²) in [6.45, 7) is 3.04. The molecule has 0 aliphatic heterocycles. The lowest BCUT2D eigenvalue weighted by Gasteiger charge is -2.12. The van der Waals surface area contributed by atoms with Gasteiger partial charge in [0.1, 0.15) is 10.7 Å². The highest BCUT2D eigenvalue weighted by molar-refractivity contribution is 7.91. The maximum Gasteiger partial charge on any atom is 0.191 e. The Morgan fingerprint density at radius 1 is 1.15 bits per heavy atom. The Hall–Kier alpha value is -2.12. The van der Waals surface area contributed by atoms with Gasteiger partial charge in [-0.3, -0.25) is 0 Å². The number of aliphatic imine (C=N–C) groups is 1. The molecule has 0 aliphatic rings. The van der Waals surface area contributed by atoms with Gasteiger partial charge in [-0.05, 0) is 36.8 Å². The molecule has 8 heteroatoms. The first kappa shape index (κ1) is 20.2. The monoisotopic (exact) mass is 397 g/mol. The molecule has 0 bridgehead atoms. The number of nitrogens with one attached hydrogen (secondary N) is 2. The Labute approximate surface area is 158 Å². The number of hydrogen-bond acceptors (Lipinski definition) is 3. The molecule has 26 heavy (non-hydrogen) atoms. The quantitative estimate of drug-likeness (QED) is 0.556. The largest absolute Gasteiger partial charge is 0.357 e. The molecule has 0 saturated heterocycles. The highest BCUT2D eigenvalue weighted by atomic mass is 35.5. The van der Waals surface area contributed by atoms with Gasteiger partial charge in [0.05, 0.1) is 12.3 Å². The predicted octanol–water partition coefficient (Wildman–Crippen LogP) is 3.01. The number of halogens is 2. The van der Waals surface area contributed by atoms with E-state index in [1.165, 1.54) is 18.2 Å². The zero-order valence-corrected chi connectivity index (χ0v) is 15.9. The van der Waals surface area contributed by atoms with Gasteiger partial charge in [-0.1, -0.05) is 35.9 Å². The highest BCUT2D eigenvalue weighted by Crippen LogP contribution is 2.15. The number of sulfone groups is 1. The topological polar surface area (TPSA) is 70.6 Å². The van der Waals surface area contributed by atoms with Crippen LogP contribution in [0.2, 0.25) is 5.02 Å². The summed E-state index contributed by atoms with van der Waals surface area (Å²) in [6, 6.07) is 12.7. The van der Waals surface area contributed by atoms with Crippen LogP contribution in [0.15, 0.2) is 58.4 Å². The second kappa shape index (κ2) is 9.54. The van der Waals surface area contributed by atoms with Gasteiger partial charge in [0, 0.05) is 18.1 Å². The lowest BCUT2D eigenvalue weighted by atomic mass is 10.2.